The topological polar surface area (TPSA) is 20.2 Å². The van der Waals surface area contributed by atoms with Gasteiger partial charge in [-0.1, -0.05) is 6.07 Å². The highest BCUT2D eigenvalue weighted by Crippen LogP contribution is 2.48. The Morgan fingerprint density at radius 3 is 2.82 bits per heavy atom. The van der Waals surface area contributed by atoms with E-state index in [1.54, 1.807) is 11.3 Å². The number of rotatable bonds is 3. The van der Waals surface area contributed by atoms with Crippen LogP contribution in [-0.4, -0.2) is 11.7 Å². The molecule has 1 heterocycles. The van der Waals surface area contributed by atoms with Crippen LogP contribution < -0.4 is 0 Å². The standard InChI is InChI=1S/C9H12OS/c10-7-9(3-4-9)6-8-2-1-5-11-8/h1-2,5,10H,3-4,6-7H2. The molecule has 0 spiro atoms. The van der Waals surface area contributed by atoms with Gasteiger partial charge in [-0.05, 0) is 36.1 Å². The lowest BCUT2D eigenvalue weighted by Crippen LogP contribution is -2.08. The third kappa shape index (κ3) is 1.47. The van der Waals surface area contributed by atoms with Crippen molar-refractivity contribution < 1.29 is 5.11 Å². The molecule has 0 aliphatic heterocycles. The van der Waals surface area contributed by atoms with Gasteiger partial charge in [0.25, 0.3) is 0 Å². The Bertz CT molecular complexity index is 224. The van der Waals surface area contributed by atoms with Crippen molar-refractivity contribution in [2.75, 3.05) is 6.61 Å². The highest BCUT2D eigenvalue weighted by Gasteiger charge is 2.41. The van der Waals surface area contributed by atoms with Crippen LogP contribution >= 0.6 is 11.3 Å². The van der Waals surface area contributed by atoms with Gasteiger partial charge in [0.15, 0.2) is 0 Å². The van der Waals surface area contributed by atoms with Crippen molar-refractivity contribution in [2.24, 2.45) is 5.41 Å². The van der Waals surface area contributed by atoms with E-state index in [4.69, 9.17) is 5.11 Å². The van der Waals surface area contributed by atoms with E-state index < -0.39 is 0 Å². The fourth-order valence-corrected chi connectivity index (χ4v) is 2.23. The van der Waals surface area contributed by atoms with E-state index in [1.165, 1.54) is 17.7 Å². The van der Waals surface area contributed by atoms with Gasteiger partial charge in [-0.3, -0.25) is 0 Å². The quantitative estimate of drug-likeness (QED) is 0.732. The molecule has 1 aromatic rings. The van der Waals surface area contributed by atoms with Crippen LogP contribution in [0.4, 0.5) is 0 Å². The summed E-state index contributed by atoms with van der Waals surface area (Å²) in [6.07, 6.45) is 3.50. The number of aliphatic hydroxyl groups is 1. The zero-order valence-corrected chi connectivity index (χ0v) is 7.23. The summed E-state index contributed by atoms with van der Waals surface area (Å²) in [5.74, 6) is 0. The normalized spacial score (nSPS) is 20.1. The molecule has 1 aliphatic rings. The van der Waals surface area contributed by atoms with Crippen molar-refractivity contribution in [1.82, 2.24) is 0 Å². The summed E-state index contributed by atoms with van der Waals surface area (Å²) in [5, 5.41) is 11.2. The summed E-state index contributed by atoms with van der Waals surface area (Å²) in [7, 11) is 0. The average Bonchev–Trinajstić information content (AvgIpc) is 2.59. The van der Waals surface area contributed by atoms with E-state index >= 15 is 0 Å². The smallest absolute Gasteiger partial charge is 0.0490 e. The van der Waals surface area contributed by atoms with Gasteiger partial charge in [0.1, 0.15) is 0 Å². The maximum absolute atomic E-state index is 9.06. The third-order valence-corrected chi connectivity index (χ3v) is 3.30. The van der Waals surface area contributed by atoms with Crippen LogP contribution in [-0.2, 0) is 6.42 Å². The van der Waals surface area contributed by atoms with Gasteiger partial charge in [0.05, 0.1) is 0 Å². The first-order valence-electron chi connectivity index (χ1n) is 3.98. The molecule has 0 amide bonds. The molecule has 0 aromatic carbocycles. The highest BCUT2D eigenvalue weighted by molar-refractivity contribution is 7.09. The van der Waals surface area contributed by atoms with Crippen LogP contribution in [0.3, 0.4) is 0 Å². The molecule has 1 aromatic heterocycles. The van der Waals surface area contributed by atoms with Gasteiger partial charge in [0, 0.05) is 11.5 Å². The summed E-state index contributed by atoms with van der Waals surface area (Å²) in [6, 6.07) is 4.23. The number of hydrogen-bond donors (Lipinski definition) is 1. The second kappa shape index (κ2) is 2.61. The van der Waals surface area contributed by atoms with E-state index in [2.05, 4.69) is 17.5 Å². The summed E-state index contributed by atoms with van der Waals surface area (Å²) in [4.78, 5) is 1.41. The molecule has 0 atom stereocenters. The lowest BCUT2D eigenvalue weighted by molar-refractivity contribution is 0.212. The second-order valence-electron chi connectivity index (χ2n) is 3.41. The Hall–Kier alpha value is -0.340. The Balaban J connectivity index is 2.01. The van der Waals surface area contributed by atoms with E-state index in [-0.39, 0.29) is 5.41 Å². The highest BCUT2D eigenvalue weighted by atomic mass is 32.1. The minimum atomic E-state index is 0.283. The minimum absolute atomic E-state index is 0.283. The van der Waals surface area contributed by atoms with Gasteiger partial charge in [-0.15, -0.1) is 11.3 Å². The maximum atomic E-state index is 9.06. The second-order valence-corrected chi connectivity index (χ2v) is 4.45. The Morgan fingerprint density at radius 1 is 1.55 bits per heavy atom. The van der Waals surface area contributed by atoms with Crippen molar-refractivity contribution in [3.63, 3.8) is 0 Å². The number of aliphatic hydroxyl groups excluding tert-OH is 1. The SMILES string of the molecule is OCC1(Cc2cccs2)CC1. The maximum Gasteiger partial charge on any atom is 0.0490 e. The van der Waals surface area contributed by atoms with Crippen LogP contribution in [0.25, 0.3) is 0 Å². The Morgan fingerprint density at radius 2 is 2.36 bits per heavy atom. The predicted octanol–water partition coefficient (Wildman–Crippen LogP) is 2.06. The zero-order chi connectivity index (χ0) is 7.73. The van der Waals surface area contributed by atoms with Gasteiger partial charge in [-0.2, -0.15) is 0 Å². The van der Waals surface area contributed by atoms with Crippen molar-refractivity contribution in [3.8, 4) is 0 Å². The first-order chi connectivity index (χ1) is 5.35. The van der Waals surface area contributed by atoms with Crippen LogP contribution in [0.1, 0.15) is 17.7 Å². The van der Waals surface area contributed by atoms with Crippen LogP contribution in [0.5, 0.6) is 0 Å². The van der Waals surface area contributed by atoms with Crippen molar-refractivity contribution >= 4 is 11.3 Å². The molecule has 1 saturated carbocycles. The monoisotopic (exact) mass is 168 g/mol. The minimum Gasteiger partial charge on any atom is -0.396 e. The molecule has 1 fully saturated rings. The van der Waals surface area contributed by atoms with Crippen molar-refractivity contribution in [1.29, 1.82) is 0 Å². The summed E-state index contributed by atoms with van der Waals surface area (Å²) >= 11 is 1.79. The molecular formula is C9H12OS. The molecule has 0 unspecified atom stereocenters. The molecule has 1 nitrogen and oxygen atoms in total. The largest absolute Gasteiger partial charge is 0.396 e. The van der Waals surface area contributed by atoms with Gasteiger partial charge in [0.2, 0.25) is 0 Å². The van der Waals surface area contributed by atoms with Crippen LogP contribution in [0.2, 0.25) is 0 Å². The third-order valence-electron chi connectivity index (χ3n) is 2.42. The average molecular weight is 168 g/mol. The Kier molecular flexibility index (Phi) is 1.74. The van der Waals surface area contributed by atoms with Gasteiger partial charge < -0.3 is 5.11 Å². The predicted molar refractivity (Wildman–Crippen MR) is 46.8 cm³/mol. The molecule has 60 valence electrons. The summed E-state index contributed by atoms with van der Waals surface area (Å²) in [5.41, 5.74) is 0.283. The fourth-order valence-electron chi connectivity index (χ4n) is 1.35. The van der Waals surface area contributed by atoms with E-state index in [1.807, 2.05) is 0 Å². The lowest BCUT2D eigenvalue weighted by atomic mass is 10.0. The molecule has 1 N–H and O–H groups in total. The number of thiophene rings is 1. The van der Waals surface area contributed by atoms with Gasteiger partial charge in [-0.25, -0.2) is 0 Å². The van der Waals surface area contributed by atoms with E-state index in [9.17, 15) is 0 Å². The van der Waals surface area contributed by atoms with Crippen molar-refractivity contribution in [3.05, 3.63) is 22.4 Å². The fraction of sp³-hybridized carbons (Fsp3) is 0.556. The lowest BCUT2D eigenvalue weighted by Gasteiger charge is -2.08. The van der Waals surface area contributed by atoms with E-state index in [0.29, 0.717) is 6.61 Å². The molecular weight excluding hydrogens is 156 g/mol. The van der Waals surface area contributed by atoms with Gasteiger partial charge >= 0.3 is 0 Å². The van der Waals surface area contributed by atoms with Crippen LogP contribution in [0.15, 0.2) is 17.5 Å². The molecule has 2 heteroatoms. The van der Waals surface area contributed by atoms with E-state index in [0.717, 1.165) is 6.42 Å². The van der Waals surface area contributed by atoms with Crippen LogP contribution in [0, 0.1) is 5.41 Å². The summed E-state index contributed by atoms with van der Waals surface area (Å²) in [6.45, 7) is 0.366. The zero-order valence-electron chi connectivity index (χ0n) is 6.42. The number of hydrogen-bond acceptors (Lipinski definition) is 2. The Labute approximate surface area is 70.7 Å². The molecule has 0 radical (unpaired) electrons. The first kappa shape index (κ1) is 7.32. The molecule has 1 aliphatic carbocycles. The molecule has 0 saturated heterocycles. The van der Waals surface area contributed by atoms with Crippen molar-refractivity contribution in [2.45, 2.75) is 19.3 Å². The summed E-state index contributed by atoms with van der Waals surface area (Å²) < 4.78 is 0. The first-order valence-corrected chi connectivity index (χ1v) is 4.86. The molecule has 0 bridgehead atoms. The molecule has 11 heavy (non-hydrogen) atoms. The molecule has 2 rings (SSSR count).